The first-order valence-electron chi connectivity index (χ1n) is 7.22. The van der Waals surface area contributed by atoms with Crippen LogP contribution in [0.5, 0.6) is 0 Å². The second-order valence-corrected chi connectivity index (χ2v) is 6.37. The van der Waals surface area contributed by atoms with Crippen LogP contribution in [-0.2, 0) is 6.42 Å². The summed E-state index contributed by atoms with van der Waals surface area (Å²) < 4.78 is 1.04. The summed E-state index contributed by atoms with van der Waals surface area (Å²) in [5.74, 6) is 1.91. The highest BCUT2D eigenvalue weighted by Crippen LogP contribution is 2.25. The quantitative estimate of drug-likeness (QED) is 0.833. The highest BCUT2D eigenvalue weighted by molar-refractivity contribution is 9.10. The molecule has 104 valence electrons. The van der Waals surface area contributed by atoms with Crippen molar-refractivity contribution in [2.24, 2.45) is 5.92 Å². The highest BCUT2D eigenvalue weighted by Gasteiger charge is 2.20. The molecule has 3 rings (SSSR count). The standard InChI is InChI=1S/C17H19BrN2/c18-16-6-7-17(19-13-16)20-10-8-15(9-11-20)12-14-4-2-1-3-5-14/h1-7,13,15H,8-12H2. The Labute approximate surface area is 129 Å². The van der Waals surface area contributed by atoms with E-state index in [0.29, 0.717) is 0 Å². The lowest BCUT2D eigenvalue weighted by molar-refractivity contribution is 0.402. The Kier molecular flexibility index (Phi) is 4.36. The van der Waals surface area contributed by atoms with Crippen molar-refractivity contribution in [2.75, 3.05) is 18.0 Å². The third-order valence-corrected chi connectivity index (χ3v) is 4.49. The number of aromatic nitrogens is 1. The van der Waals surface area contributed by atoms with Crippen molar-refractivity contribution in [3.63, 3.8) is 0 Å². The van der Waals surface area contributed by atoms with E-state index in [-0.39, 0.29) is 0 Å². The summed E-state index contributed by atoms with van der Waals surface area (Å²) in [6.45, 7) is 2.23. The summed E-state index contributed by atoms with van der Waals surface area (Å²) >= 11 is 3.44. The van der Waals surface area contributed by atoms with Crippen LogP contribution in [0.1, 0.15) is 18.4 Å². The van der Waals surface area contributed by atoms with Crippen LogP contribution in [0.2, 0.25) is 0 Å². The van der Waals surface area contributed by atoms with Gasteiger partial charge in [-0.2, -0.15) is 0 Å². The molecule has 2 aromatic rings. The summed E-state index contributed by atoms with van der Waals surface area (Å²) in [7, 11) is 0. The Morgan fingerprint density at radius 3 is 2.45 bits per heavy atom. The number of rotatable bonds is 3. The second kappa shape index (κ2) is 6.40. The lowest BCUT2D eigenvalue weighted by atomic mass is 9.90. The topological polar surface area (TPSA) is 16.1 Å². The van der Waals surface area contributed by atoms with Crippen molar-refractivity contribution in [1.82, 2.24) is 4.98 Å². The number of nitrogens with zero attached hydrogens (tertiary/aromatic N) is 2. The van der Waals surface area contributed by atoms with Crippen LogP contribution < -0.4 is 4.90 Å². The first-order valence-corrected chi connectivity index (χ1v) is 8.01. The number of benzene rings is 1. The molecule has 0 aliphatic carbocycles. The van der Waals surface area contributed by atoms with Crippen molar-refractivity contribution in [3.05, 3.63) is 58.7 Å². The van der Waals surface area contributed by atoms with E-state index in [1.807, 2.05) is 6.20 Å². The Morgan fingerprint density at radius 1 is 1.05 bits per heavy atom. The summed E-state index contributed by atoms with van der Waals surface area (Å²) in [6.07, 6.45) is 5.60. The fraction of sp³-hybridized carbons (Fsp3) is 0.353. The molecule has 1 aromatic heterocycles. The maximum absolute atomic E-state index is 4.49. The molecule has 0 unspecified atom stereocenters. The van der Waals surface area contributed by atoms with E-state index in [1.165, 1.54) is 24.8 Å². The maximum Gasteiger partial charge on any atom is 0.128 e. The largest absolute Gasteiger partial charge is 0.357 e. The van der Waals surface area contributed by atoms with Crippen LogP contribution in [0.3, 0.4) is 0 Å². The van der Waals surface area contributed by atoms with Crippen LogP contribution in [0.25, 0.3) is 0 Å². The molecule has 0 N–H and O–H groups in total. The molecule has 1 aromatic carbocycles. The summed E-state index contributed by atoms with van der Waals surface area (Å²) in [5.41, 5.74) is 1.47. The number of pyridine rings is 1. The zero-order valence-corrected chi connectivity index (χ0v) is 13.1. The fourth-order valence-corrected chi connectivity index (χ4v) is 3.10. The maximum atomic E-state index is 4.49. The van der Waals surface area contributed by atoms with E-state index in [1.54, 1.807) is 0 Å². The van der Waals surface area contributed by atoms with Gasteiger partial charge in [0.15, 0.2) is 0 Å². The van der Waals surface area contributed by atoms with Gasteiger partial charge < -0.3 is 4.90 Å². The van der Waals surface area contributed by atoms with E-state index >= 15 is 0 Å². The van der Waals surface area contributed by atoms with Gasteiger partial charge in [0.1, 0.15) is 5.82 Å². The predicted octanol–water partition coefficient (Wildman–Crippen LogP) is 4.30. The van der Waals surface area contributed by atoms with Crippen LogP contribution >= 0.6 is 15.9 Å². The molecule has 0 spiro atoms. The van der Waals surface area contributed by atoms with Gasteiger partial charge in [0, 0.05) is 23.8 Å². The minimum absolute atomic E-state index is 0.809. The lowest BCUT2D eigenvalue weighted by Gasteiger charge is -2.32. The number of hydrogen-bond donors (Lipinski definition) is 0. The molecule has 1 aliphatic rings. The van der Waals surface area contributed by atoms with Crippen LogP contribution in [0.15, 0.2) is 53.1 Å². The summed E-state index contributed by atoms with van der Waals surface area (Å²) in [4.78, 5) is 6.89. The van der Waals surface area contributed by atoms with E-state index in [4.69, 9.17) is 0 Å². The normalized spacial score (nSPS) is 16.4. The molecule has 0 radical (unpaired) electrons. The average Bonchev–Trinajstić information content (AvgIpc) is 2.50. The lowest BCUT2D eigenvalue weighted by Crippen LogP contribution is -2.34. The summed E-state index contributed by atoms with van der Waals surface area (Å²) in [5, 5.41) is 0. The smallest absolute Gasteiger partial charge is 0.128 e. The first-order chi connectivity index (χ1) is 9.81. The van der Waals surface area contributed by atoms with Gasteiger partial charge in [-0.05, 0) is 58.8 Å². The molecule has 1 saturated heterocycles. The number of anilines is 1. The van der Waals surface area contributed by atoms with Crippen LogP contribution in [0.4, 0.5) is 5.82 Å². The number of hydrogen-bond acceptors (Lipinski definition) is 2. The van der Waals surface area contributed by atoms with E-state index in [9.17, 15) is 0 Å². The Bertz CT molecular complexity index is 531. The third kappa shape index (κ3) is 3.40. The van der Waals surface area contributed by atoms with Gasteiger partial charge >= 0.3 is 0 Å². The summed E-state index contributed by atoms with van der Waals surface area (Å²) in [6, 6.07) is 15.0. The molecule has 20 heavy (non-hydrogen) atoms. The second-order valence-electron chi connectivity index (χ2n) is 5.45. The van der Waals surface area contributed by atoms with Gasteiger partial charge in [-0.15, -0.1) is 0 Å². The molecular formula is C17H19BrN2. The van der Waals surface area contributed by atoms with Gasteiger partial charge in [0.25, 0.3) is 0 Å². The van der Waals surface area contributed by atoms with Crippen molar-refractivity contribution in [1.29, 1.82) is 0 Å². The Hall–Kier alpha value is -1.35. The molecule has 1 aliphatic heterocycles. The van der Waals surface area contributed by atoms with Crippen molar-refractivity contribution in [3.8, 4) is 0 Å². The molecule has 0 bridgehead atoms. The van der Waals surface area contributed by atoms with E-state index in [0.717, 1.165) is 29.3 Å². The van der Waals surface area contributed by atoms with Gasteiger partial charge in [0.05, 0.1) is 0 Å². The molecular weight excluding hydrogens is 312 g/mol. The molecule has 0 saturated carbocycles. The molecule has 1 fully saturated rings. The van der Waals surface area contributed by atoms with Crippen molar-refractivity contribution >= 4 is 21.7 Å². The first kappa shape index (κ1) is 13.6. The number of halogens is 1. The molecule has 0 amide bonds. The van der Waals surface area contributed by atoms with Crippen LogP contribution in [-0.4, -0.2) is 18.1 Å². The monoisotopic (exact) mass is 330 g/mol. The van der Waals surface area contributed by atoms with E-state index in [2.05, 4.69) is 68.3 Å². The molecule has 3 heteroatoms. The van der Waals surface area contributed by atoms with Gasteiger partial charge in [-0.3, -0.25) is 0 Å². The highest BCUT2D eigenvalue weighted by atomic mass is 79.9. The van der Waals surface area contributed by atoms with Crippen LogP contribution in [0, 0.1) is 5.92 Å². The fourth-order valence-electron chi connectivity index (χ4n) is 2.87. The van der Waals surface area contributed by atoms with Gasteiger partial charge in [0.2, 0.25) is 0 Å². The number of piperidine rings is 1. The van der Waals surface area contributed by atoms with Crippen molar-refractivity contribution < 1.29 is 0 Å². The predicted molar refractivity (Wildman–Crippen MR) is 87.0 cm³/mol. The third-order valence-electron chi connectivity index (χ3n) is 4.02. The zero-order valence-electron chi connectivity index (χ0n) is 11.5. The van der Waals surface area contributed by atoms with Gasteiger partial charge in [-0.1, -0.05) is 30.3 Å². The van der Waals surface area contributed by atoms with E-state index < -0.39 is 0 Å². The SMILES string of the molecule is Brc1ccc(N2CCC(Cc3ccccc3)CC2)nc1. The minimum atomic E-state index is 0.809. The zero-order chi connectivity index (χ0) is 13.8. The Morgan fingerprint density at radius 2 is 1.80 bits per heavy atom. The van der Waals surface area contributed by atoms with Crippen molar-refractivity contribution in [2.45, 2.75) is 19.3 Å². The minimum Gasteiger partial charge on any atom is -0.357 e. The van der Waals surface area contributed by atoms with Gasteiger partial charge in [-0.25, -0.2) is 4.98 Å². The average molecular weight is 331 g/mol. The molecule has 2 heterocycles. The Balaban J connectivity index is 1.55. The molecule has 0 atom stereocenters. The molecule has 2 nitrogen and oxygen atoms in total.